The highest BCUT2D eigenvalue weighted by atomic mass is 16.5. The van der Waals surface area contributed by atoms with Gasteiger partial charge in [0.05, 0.1) is 11.6 Å². The van der Waals surface area contributed by atoms with Crippen LogP contribution >= 0.6 is 0 Å². The maximum Gasteiger partial charge on any atom is 0.252 e. The van der Waals surface area contributed by atoms with Gasteiger partial charge in [-0.25, -0.2) is 4.98 Å². The summed E-state index contributed by atoms with van der Waals surface area (Å²) in [5.74, 6) is 0.563. The molecule has 2 aromatic heterocycles. The van der Waals surface area contributed by atoms with Gasteiger partial charge in [0.1, 0.15) is 5.65 Å². The van der Waals surface area contributed by atoms with Gasteiger partial charge in [-0.3, -0.25) is 14.3 Å². The fraction of sp³-hybridized carbons (Fsp3) is 0.567. The van der Waals surface area contributed by atoms with Crippen molar-refractivity contribution in [2.45, 2.75) is 70.0 Å². The highest BCUT2D eigenvalue weighted by molar-refractivity contribution is 5.79. The average molecular weight is 517 g/mol. The molecule has 3 aliphatic rings. The smallest absolute Gasteiger partial charge is 0.252 e. The molecule has 2 saturated heterocycles. The summed E-state index contributed by atoms with van der Waals surface area (Å²) >= 11 is 0. The topological polar surface area (TPSA) is 84.3 Å². The molecule has 0 radical (unpaired) electrons. The lowest BCUT2D eigenvalue weighted by Crippen LogP contribution is -2.56. The average Bonchev–Trinajstić information content (AvgIpc) is 3.48. The third-order valence-corrected chi connectivity index (χ3v) is 9.02. The minimum atomic E-state index is 0.0304. The Kier molecular flexibility index (Phi) is 7.20. The number of hydrogen-bond acceptors (Lipinski definition) is 7. The van der Waals surface area contributed by atoms with Crippen LogP contribution in [0.5, 0.6) is 0 Å². The quantitative estimate of drug-likeness (QED) is 0.505. The van der Waals surface area contributed by atoms with E-state index in [0.29, 0.717) is 5.95 Å². The van der Waals surface area contributed by atoms with Gasteiger partial charge in [0.15, 0.2) is 0 Å². The Morgan fingerprint density at radius 1 is 1.11 bits per heavy atom. The van der Waals surface area contributed by atoms with Crippen LogP contribution in [-0.4, -0.2) is 58.8 Å². The molecule has 0 unspecified atom stereocenters. The first-order chi connectivity index (χ1) is 18.5. The molecule has 2 N–H and O–H groups in total. The van der Waals surface area contributed by atoms with Crippen LogP contribution in [0.25, 0.3) is 11.0 Å². The molecule has 1 saturated carbocycles. The number of rotatable bonds is 6. The van der Waals surface area contributed by atoms with Gasteiger partial charge in [-0.2, -0.15) is 4.98 Å². The van der Waals surface area contributed by atoms with Crippen molar-refractivity contribution in [3.8, 4) is 0 Å². The third-order valence-electron chi connectivity index (χ3n) is 9.02. The van der Waals surface area contributed by atoms with E-state index in [2.05, 4.69) is 51.7 Å². The number of fused-ring (bicyclic) bond motifs is 1. The number of aryl methyl sites for hydroxylation is 1. The second-order valence-corrected chi connectivity index (χ2v) is 11.3. The van der Waals surface area contributed by atoms with E-state index in [-0.39, 0.29) is 23.2 Å². The van der Waals surface area contributed by atoms with Crippen molar-refractivity contribution in [1.29, 1.82) is 0 Å². The van der Waals surface area contributed by atoms with E-state index >= 15 is 0 Å². The normalized spacial score (nSPS) is 21.5. The molecule has 2 aliphatic heterocycles. The molecule has 8 nitrogen and oxygen atoms in total. The van der Waals surface area contributed by atoms with Crippen molar-refractivity contribution in [3.05, 3.63) is 63.6 Å². The second kappa shape index (κ2) is 10.8. The molecule has 1 aromatic carbocycles. The molecule has 3 fully saturated rings. The van der Waals surface area contributed by atoms with Gasteiger partial charge >= 0.3 is 0 Å². The SMILES string of the molecule is Cc1cc(=O)n(C2CCCC2)c2nc(N[C@@H](C)c3ccc(C4(N5CCNCC5)CCOCC4)cc3)ncc12. The van der Waals surface area contributed by atoms with Crippen molar-refractivity contribution in [3.63, 3.8) is 0 Å². The minimum absolute atomic E-state index is 0.0304. The zero-order valence-corrected chi connectivity index (χ0v) is 22.7. The molecule has 0 spiro atoms. The Morgan fingerprint density at radius 2 is 1.82 bits per heavy atom. The van der Waals surface area contributed by atoms with Crippen LogP contribution in [0.2, 0.25) is 0 Å². The Bertz CT molecular complexity index is 1320. The van der Waals surface area contributed by atoms with Crippen LogP contribution < -0.4 is 16.2 Å². The van der Waals surface area contributed by atoms with Crippen LogP contribution in [0.1, 0.15) is 74.2 Å². The molecule has 8 heteroatoms. The predicted octanol–water partition coefficient (Wildman–Crippen LogP) is 4.30. The summed E-state index contributed by atoms with van der Waals surface area (Å²) in [5, 5.41) is 7.95. The molecule has 38 heavy (non-hydrogen) atoms. The lowest BCUT2D eigenvalue weighted by Gasteiger charge is -2.48. The minimum Gasteiger partial charge on any atom is -0.381 e. The number of anilines is 1. The lowest BCUT2D eigenvalue weighted by molar-refractivity contribution is -0.0373. The molecular weight excluding hydrogens is 476 g/mol. The van der Waals surface area contributed by atoms with E-state index in [1.807, 2.05) is 17.7 Å². The standard InChI is InChI=1S/C30H40N6O2/c1-21-19-27(37)36(25-5-3-4-6-25)28-26(21)20-32-29(34-28)33-22(2)23-7-9-24(10-8-23)30(11-17-38-18-12-30)35-15-13-31-14-16-35/h7-10,19-20,22,25,31H,3-6,11-18H2,1-2H3,(H,32,33,34)/t22-/m0/s1. The van der Waals surface area contributed by atoms with Crippen LogP contribution in [0.3, 0.4) is 0 Å². The van der Waals surface area contributed by atoms with E-state index < -0.39 is 0 Å². The molecule has 1 aliphatic carbocycles. The molecule has 202 valence electrons. The van der Waals surface area contributed by atoms with Gasteiger partial charge in [-0.1, -0.05) is 37.1 Å². The molecule has 4 heterocycles. The van der Waals surface area contributed by atoms with Crippen molar-refractivity contribution in [2.24, 2.45) is 0 Å². The van der Waals surface area contributed by atoms with E-state index in [4.69, 9.17) is 9.72 Å². The summed E-state index contributed by atoms with van der Waals surface area (Å²) in [6.07, 6.45) is 8.34. The summed E-state index contributed by atoms with van der Waals surface area (Å²) in [6, 6.07) is 11.1. The zero-order chi connectivity index (χ0) is 26.1. The van der Waals surface area contributed by atoms with Gasteiger partial charge in [-0.15, -0.1) is 0 Å². The first kappa shape index (κ1) is 25.5. The van der Waals surface area contributed by atoms with Gasteiger partial charge in [0, 0.05) is 63.1 Å². The number of ether oxygens (including phenoxy) is 1. The van der Waals surface area contributed by atoms with Gasteiger partial charge in [0.2, 0.25) is 5.95 Å². The summed E-state index contributed by atoms with van der Waals surface area (Å²) in [4.78, 5) is 25.1. The summed E-state index contributed by atoms with van der Waals surface area (Å²) < 4.78 is 7.67. The Morgan fingerprint density at radius 3 is 2.53 bits per heavy atom. The number of aromatic nitrogens is 3. The number of nitrogens with one attached hydrogen (secondary N) is 2. The number of nitrogens with zero attached hydrogens (tertiary/aromatic N) is 4. The molecule has 1 atom stereocenters. The van der Waals surface area contributed by atoms with Gasteiger partial charge < -0.3 is 15.4 Å². The van der Waals surface area contributed by atoms with E-state index in [9.17, 15) is 4.79 Å². The van der Waals surface area contributed by atoms with Crippen LogP contribution in [0, 0.1) is 6.92 Å². The van der Waals surface area contributed by atoms with Crippen LogP contribution in [0.15, 0.2) is 41.3 Å². The number of benzene rings is 1. The van der Waals surface area contributed by atoms with E-state index in [0.717, 1.165) is 81.7 Å². The first-order valence-electron chi connectivity index (χ1n) is 14.3. The largest absolute Gasteiger partial charge is 0.381 e. The Labute approximate surface area is 224 Å². The maximum atomic E-state index is 13.0. The van der Waals surface area contributed by atoms with Crippen LogP contribution in [0.4, 0.5) is 5.95 Å². The van der Waals surface area contributed by atoms with Crippen LogP contribution in [-0.2, 0) is 10.3 Å². The zero-order valence-electron chi connectivity index (χ0n) is 22.7. The molecule has 6 rings (SSSR count). The maximum absolute atomic E-state index is 13.0. The lowest BCUT2D eigenvalue weighted by atomic mass is 9.80. The highest BCUT2D eigenvalue weighted by Crippen LogP contribution is 2.39. The van der Waals surface area contributed by atoms with Gasteiger partial charge in [-0.05, 0) is 56.2 Å². The summed E-state index contributed by atoms with van der Waals surface area (Å²) in [7, 11) is 0. The van der Waals surface area contributed by atoms with Gasteiger partial charge in [0.25, 0.3) is 5.56 Å². The van der Waals surface area contributed by atoms with E-state index in [1.165, 1.54) is 24.0 Å². The highest BCUT2D eigenvalue weighted by Gasteiger charge is 2.40. The number of piperazine rings is 1. The number of pyridine rings is 1. The first-order valence-corrected chi connectivity index (χ1v) is 14.3. The van der Waals surface area contributed by atoms with Crippen molar-refractivity contribution in [1.82, 2.24) is 24.8 Å². The Balaban J connectivity index is 1.25. The monoisotopic (exact) mass is 516 g/mol. The number of hydrogen-bond donors (Lipinski definition) is 2. The molecule has 0 amide bonds. The van der Waals surface area contributed by atoms with Crippen molar-refractivity contribution in [2.75, 3.05) is 44.7 Å². The summed E-state index contributed by atoms with van der Waals surface area (Å²) in [6.45, 7) is 9.97. The molecule has 0 bridgehead atoms. The second-order valence-electron chi connectivity index (χ2n) is 11.3. The Hall–Kier alpha value is -2.81. The molecule has 3 aromatic rings. The van der Waals surface area contributed by atoms with Crippen molar-refractivity contribution >= 4 is 17.0 Å². The van der Waals surface area contributed by atoms with E-state index in [1.54, 1.807) is 6.07 Å². The van der Waals surface area contributed by atoms with Crippen molar-refractivity contribution < 1.29 is 4.74 Å². The fourth-order valence-corrected chi connectivity index (χ4v) is 6.80. The summed E-state index contributed by atoms with van der Waals surface area (Å²) in [5.41, 5.74) is 4.36. The molecular formula is C30H40N6O2. The predicted molar refractivity (Wildman–Crippen MR) is 151 cm³/mol. The third kappa shape index (κ3) is 4.74. The fourth-order valence-electron chi connectivity index (χ4n) is 6.80.